The number of amides is 3. The van der Waals surface area contributed by atoms with Gasteiger partial charge in [0.2, 0.25) is 5.91 Å². The van der Waals surface area contributed by atoms with E-state index in [4.69, 9.17) is 11.6 Å². The Morgan fingerprint density at radius 2 is 2.19 bits per heavy atom. The molecule has 0 bridgehead atoms. The SMILES string of the molecule is O=C1NC[C@H](C(=O)N2CCC[C@@H]2Cc2ccccc2Cl)N1. The predicted octanol–water partition coefficient (Wildman–Crippen LogP) is 1.55. The molecule has 2 saturated heterocycles. The molecule has 112 valence electrons. The highest BCUT2D eigenvalue weighted by atomic mass is 35.5. The van der Waals surface area contributed by atoms with Gasteiger partial charge in [-0.1, -0.05) is 29.8 Å². The number of hydrogen-bond donors (Lipinski definition) is 2. The van der Waals surface area contributed by atoms with Crippen LogP contribution in [0.1, 0.15) is 18.4 Å². The molecule has 1 aromatic rings. The highest BCUT2D eigenvalue weighted by Crippen LogP contribution is 2.25. The Morgan fingerprint density at radius 3 is 2.90 bits per heavy atom. The van der Waals surface area contributed by atoms with Crippen molar-refractivity contribution in [1.29, 1.82) is 0 Å². The first-order valence-corrected chi connectivity index (χ1v) is 7.61. The first kappa shape index (κ1) is 14.2. The zero-order chi connectivity index (χ0) is 14.8. The highest BCUT2D eigenvalue weighted by molar-refractivity contribution is 6.31. The van der Waals surface area contributed by atoms with Crippen molar-refractivity contribution >= 4 is 23.5 Å². The topological polar surface area (TPSA) is 61.4 Å². The molecule has 0 aliphatic carbocycles. The minimum Gasteiger partial charge on any atom is -0.338 e. The molecule has 5 nitrogen and oxygen atoms in total. The van der Waals surface area contributed by atoms with Crippen LogP contribution in [0.5, 0.6) is 0 Å². The molecule has 0 radical (unpaired) electrons. The molecule has 2 aliphatic rings. The molecular weight excluding hydrogens is 290 g/mol. The maximum atomic E-state index is 12.5. The molecule has 0 spiro atoms. The minimum absolute atomic E-state index is 0.00269. The van der Waals surface area contributed by atoms with Gasteiger partial charge in [-0.3, -0.25) is 4.79 Å². The normalized spacial score (nSPS) is 24.8. The van der Waals surface area contributed by atoms with Gasteiger partial charge in [0.1, 0.15) is 6.04 Å². The van der Waals surface area contributed by atoms with Crippen molar-refractivity contribution in [2.45, 2.75) is 31.3 Å². The second-order valence-electron chi connectivity index (χ2n) is 5.53. The molecule has 3 amide bonds. The van der Waals surface area contributed by atoms with Crippen molar-refractivity contribution in [3.8, 4) is 0 Å². The molecule has 2 fully saturated rings. The number of halogens is 1. The lowest BCUT2D eigenvalue weighted by Gasteiger charge is -2.27. The van der Waals surface area contributed by atoms with E-state index < -0.39 is 6.04 Å². The van der Waals surface area contributed by atoms with E-state index in [1.165, 1.54) is 0 Å². The monoisotopic (exact) mass is 307 g/mol. The first-order chi connectivity index (χ1) is 10.1. The fourth-order valence-corrected chi connectivity index (χ4v) is 3.27. The minimum atomic E-state index is -0.440. The maximum Gasteiger partial charge on any atom is 0.315 e. The average molecular weight is 308 g/mol. The van der Waals surface area contributed by atoms with Crippen molar-refractivity contribution in [1.82, 2.24) is 15.5 Å². The summed E-state index contributed by atoms with van der Waals surface area (Å²) in [6.07, 6.45) is 2.74. The van der Waals surface area contributed by atoms with Crippen LogP contribution in [0, 0.1) is 0 Å². The number of nitrogens with one attached hydrogen (secondary N) is 2. The number of nitrogens with zero attached hydrogens (tertiary/aromatic N) is 1. The molecule has 1 aromatic carbocycles. The third-order valence-corrected chi connectivity index (χ3v) is 4.51. The van der Waals surface area contributed by atoms with E-state index in [0.717, 1.165) is 36.4 Å². The zero-order valence-electron chi connectivity index (χ0n) is 11.6. The summed E-state index contributed by atoms with van der Waals surface area (Å²) in [4.78, 5) is 25.6. The van der Waals surface area contributed by atoms with Crippen LogP contribution in [-0.2, 0) is 11.2 Å². The van der Waals surface area contributed by atoms with Crippen LogP contribution >= 0.6 is 11.6 Å². The second kappa shape index (κ2) is 5.93. The van der Waals surface area contributed by atoms with Gasteiger partial charge in [-0.05, 0) is 30.9 Å². The fourth-order valence-electron chi connectivity index (χ4n) is 3.06. The van der Waals surface area contributed by atoms with Crippen molar-refractivity contribution in [2.24, 2.45) is 0 Å². The van der Waals surface area contributed by atoms with E-state index in [9.17, 15) is 9.59 Å². The molecule has 2 N–H and O–H groups in total. The summed E-state index contributed by atoms with van der Waals surface area (Å²) < 4.78 is 0. The van der Waals surface area contributed by atoms with Crippen LogP contribution < -0.4 is 10.6 Å². The Kier molecular flexibility index (Phi) is 4.01. The third kappa shape index (κ3) is 2.97. The lowest BCUT2D eigenvalue weighted by Crippen LogP contribution is -2.48. The van der Waals surface area contributed by atoms with E-state index in [1.54, 1.807) is 0 Å². The Hall–Kier alpha value is -1.75. The largest absolute Gasteiger partial charge is 0.338 e. The quantitative estimate of drug-likeness (QED) is 0.890. The number of hydrogen-bond acceptors (Lipinski definition) is 2. The molecule has 3 rings (SSSR count). The smallest absolute Gasteiger partial charge is 0.315 e. The number of benzene rings is 1. The Labute approximate surface area is 128 Å². The fraction of sp³-hybridized carbons (Fsp3) is 0.467. The standard InChI is InChI=1S/C15H18ClN3O2/c16-12-6-2-1-4-10(12)8-11-5-3-7-19(11)14(20)13-9-17-15(21)18-13/h1-2,4,6,11,13H,3,5,7-9H2,(H2,17,18,21)/t11-,13-/m1/s1. The average Bonchev–Trinajstić information content (AvgIpc) is 3.10. The second-order valence-corrected chi connectivity index (χ2v) is 5.94. The van der Waals surface area contributed by atoms with Crippen molar-refractivity contribution < 1.29 is 9.59 Å². The lowest BCUT2D eigenvalue weighted by molar-refractivity contribution is -0.133. The van der Waals surface area contributed by atoms with E-state index in [-0.39, 0.29) is 18.0 Å². The highest BCUT2D eigenvalue weighted by Gasteiger charge is 2.36. The van der Waals surface area contributed by atoms with Crippen LogP contribution in [0.15, 0.2) is 24.3 Å². The van der Waals surface area contributed by atoms with E-state index >= 15 is 0 Å². The van der Waals surface area contributed by atoms with Crippen molar-refractivity contribution in [3.63, 3.8) is 0 Å². The lowest BCUT2D eigenvalue weighted by atomic mass is 10.0. The van der Waals surface area contributed by atoms with E-state index in [1.807, 2.05) is 29.2 Å². The number of carbonyl (C=O) groups is 2. The van der Waals surface area contributed by atoms with Gasteiger partial charge in [-0.15, -0.1) is 0 Å². The molecule has 0 aromatic heterocycles. The zero-order valence-corrected chi connectivity index (χ0v) is 12.4. The molecule has 2 heterocycles. The molecule has 2 aliphatic heterocycles. The molecule has 0 saturated carbocycles. The summed E-state index contributed by atoms with van der Waals surface area (Å²) in [5.41, 5.74) is 1.07. The van der Waals surface area contributed by atoms with Crippen LogP contribution in [0.3, 0.4) is 0 Å². The predicted molar refractivity (Wildman–Crippen MR) is 80.2 cm³/mol. The van der Waals surface area contributed by atoms with Crippen LogP contribution in [0.2, 0.25) is 5.02 Å². The summed E-state index contributed by atoms with van der Waals surface area (Å²) in [6, 6.07) is 7.20. The molecule has 0 unspecified atom stereocenters. The summed E-state index contributed by atoms with van der Waals surface area (Å²) in [6.45, 7) is 1.12. The van der Waals surface area contributed by atoms with Crippen LogP contribution in [-0.4, -0.2) is 42.0 Å². The van der Waals surface area contributed by atoms with Gasteiger partial charge in [0.05, 0.1) is 0 Å². The number of urea groups is 1. The van der Waals surface area contributed by atoms with Gasteiger partial charge < -0.3 is 15.5 Å². The van der Waals surface area contributed by atoms with Gasteiger partial charge in [-0.2, -0.15) is 0 Å². The molecule has 2 atom stereocenters. The van der Waals surface area contributed by atoms with Crippen LogP contribution in [0.4, 0.5) is 4.79 Å². The molecule has 21 heavy (non-hydrogen) atoms. The van der Waals surface area contributed by atoms with Gasteiger partial charge in [0.15, 0.2) is 0 Å². The summed E-state index contributed by atoms with van der Waals surface area (Å²) in [5.74, 6) is 0.00269. The van der Waals surface area contributed by atoms with Gasteiger partial charge >= 0.3 is 6.03 Å². The van der Waals surface area contributed by atoms with Gasteiger partial charge in [0, 0.05) is 24.2 Å². The van der Waals surface area contributed by atoms with Gasteiger partial charge in [-0.25, -0.2) is 4.79 Å². The number of rotatable bonds is 3. The van der Waals surface area contributed by atoms with E-state index in [0.29, 0.717) is 6.54 Å². The molecular formula is C15H18ClN3O2. The first-order valence-electron chi connectivity index (χ1n) is 7.23. The van der Waals surface area contributed by atoms with Crippen molar-refractivity contribution in [2.75, 3.05) is 13.1 Å². The summed E-state index contributed by atoms with van der Waals surface area (Å²) in [7, 11) is 0. The van der Waals surface area contributed by atoms with Crippen LogP contribution in [0.25, 0.3) is 0 Å². The van der Waals surface area contributed by atoms with Crippen molar-refractivity contribution in [3.05, 3.63) is 34.9 Å². The Bertz CT molecular complexity index is 564. The Balaban J connectivity index is 1.69. The summed E-state index contributed by atoms with van der Waals surface area (Å²) >= 11 is 6.21. The van der Waals surface area contributed by atoms with E-state index in [2.05, 4.69) is 10.6 Å². The van der Waals surface area contributed by atoms with Gasteiger partial charge in [0.25, 0.3) is 0 Å². The summed E-state index contributed by atoms with van der Waals surface area (Å²) in [5, 5.41) is 6.03. The number of carbonyl (C=O) groups excluding carboxylic acids is 2. The number of likely N-dealkylation sites (tertiary alicyclic amines) is 1. The maximum absolute atomic E-state index is 12.5. The molecule has 6 heteroatoms. The third-order valence-electron chi connectivity index (χ3n) is 4.14. The Morgan fingerprint density at radius 1 is 1.38 bits per heavy atom.